The van der Waals surface area contributed by atoms with Crippen molar-refractivity contribution in [1.82, 2.24) is 0 Å². The number of carbonyl (C=O) groups is 4. The number of carboxylic acids is 1. The van der Waals surface area contributed by atoms with Gasteiger partial charge in [-0.3, -0.25) is 19.2 Å². The van der Waals surface area contributed by atoms with E-state index in [4.69, 9.17) is 14.2 Å². The van der Waals surface area contributed by atoms with Crippen molar-refractivity contribution in [2.45, 2.75) is 50.0 Å². The van der Waals surface area contributed by atoms with Crippen LogP contribution in [0.2, 0.25) is 0 Å². The summed E-state index contributed by atoms with van der Waals surface area (Å²) in [6.45, 7) is 5.84. The summed E-state index contributed by atoms with van der Waals surface area (Å²) in [6, 6.07) is 18.9. The third-order valence-corrected chi connectivity index (χ3v) is 7.88. The maximum Gasteiger partial charge on any atom is 0.325 e. The highest BCUT2D eigenvalue weighted by Crippen LogP contribution is 2.70. The quantitative estimate of drug-likeness (QED) is 0.393. The molecule has 4 fully saturated rings. The van der Waals surface area contributed by atoms with Crippen molar-refractivity contribution in [2.75, 3.05) is 13.2 Å². The highest BCUT2D eigenvalue weighted by molar-refractivity contribution is 6.09. The maximum absolute atomic E-state index is 12.5. The number of fused-ring (bicyclic) bond motifs is 2. The maximum atomic E-state index is 12.5. The number of ether oxygens (including phenoxy) is 3. The van der Waals surface area contributed by atoms with Crippen LogP contribution in [0.4, 0.5) is 0 Å². The molecule has 8 nitrogen and oxygen atoms in total. The Morgan fingerprint density at radius 3 is 1.61 bits per heavy atom. The third-order valence-electron chi connectivity index (χ3n) is 7.88. The summed E-state index contributed by atoms with van der Waals surface area (Å²) in [5.41, 5.74) is -2.39. The van der Waals surface area contributed by atoms with Crippen molar-refractivity contribution in [3.8, 4) is 0 Å². The van der Waals surface area contributed by atoms with Gasteiger partial charge in [-0.2, -0.15) is 0 Å². The van der Waals surface area contributed by atoms with Crippen molar-refractivity contribution in [3.63, 3.8) is 0 Å². The minimum Gasteiger partial charge on any atom is -0.480 e. The van der Waals surface area contributed by atoms with Crippen LogP contribution in [0.1, 0.15) is 44.7 Å². The first kappa shape index (κ1) is 24.0. The molecule has 2 aromatic rings. The highest BCUT2D eigenvalue weighted by Gasteiger charge is 2.84. The van der Waals surface area contributed by atoms with E-state index in [9.17, 15) is 24.3 Å². The van der Waals surface area contributed by atoms with Gasteiger partial charge in [-0.1, -0.05) is 60.7 Å². The van der Waals surface area contributed by atoms with Crippen molar-refractivity contribution in [2.24, 2.45) is 10.8 Å². The van der Waals surface area contributed by atoms with Gasteiger partial charge in [0.1, 0.15) is 18.8 Å². The van der Waals surface area contributed by atoms with Gasteiger partial charge in [-0.15, -0.1) is 0 Å². The molecular formula is C28H28O8. The summed E-state index contributed by atoms with van der Waals surface area (Å²) >= 11 is 0. The van der Waals surface area contributed by atoms with E-state index in [2.05, 4.69) is 0 Å². The molecule has 0 unspecified atom stereocenters. The van der Waals surface area contributed by atoms with Gasteiger partial charge in [-0.05, 0) is 44.7 Å². The Morgan fingerprint density at radius 1 is 0.778 bits per heavy atom. The number of cyclic esters (lactones) is 2. The Labute approximate surface area is 208 Å². The summed E-state index contributed by atoms with van der Waals surface area (Å²) in [7, 11) is 0. The molecule has 6 rings (SSSR count). The van der Waals surface area contributed by atoms with E-state index >= 15 is 0 Å². The van der Waals surface area contributed by atoms with Gasteiger partial charge < -0.3 is 19.3 Å². The number of rotatable bonds is 4. The number of carbonyl (C=O) groups excluding carboxylic acids is 3. The summed E-state index contributed by atoms with van der Waals surface area (Å²) in [5.74, 6) is -2.57. The van der Waals surface area contributed by atoms with Crippen LogP contribution in [0.15, 0.2) is 60.7 Å². The molecule has 0 spiro atoms. The van der Waals surface area contributed by atoms with Crippen LogP contribution in [-0.4, -0.2) is 47.8 Å². The molecule has 2 aliphatic heterocycles. The van der Waals surface area contributed by atoms with Crippen LogP contribution >= 0.6 is 0 Å². The molecule has 2 aliphatic carbocycles. The Balaban J connectivity index is 0.000000152. The number of aliphatic carboxylic acids is 1. The monoisotopic (exact) mass is 492 g/mol. The average Bonchev–Trinajstić information content (AvgIpc) is 3.68. The van der Waals surface area contributed by atoms with Crippen molar-refractivity contribution < 1.29 is 38.5 Å². The lowest BCUT2D eigenvalue weighted by molar-refractivity contribution is -0.168. The number of benzene rings is 2. The van der Waals surface area contributed by atoms with Gasteiger partial charge in [-0.25, -0.2) is 0 Å². The number of carboxylic acid groups (broad SMARTS) is 1. The van der Waals surface area contributed by atoms with Gasteiger partial charge in [0, 0.05) is 0 Å². The normalized spacial score (nSPS) is 33.2. The van der Waals surface area contributed by atoms with E-state index in [1.165, 1.54) is 0 Å². The standard InChI is InChI=1S/C16H18O4.C12H10O4/c1-14(2,3)20-13(18)16-9-15(16,10-19-12(16)17)11-7-5-4-6-8-11;13-9(14)12-6-11(12,7-16-10(12)15)8-4-2-1-3-5-8/h4-8H,9-10H2,1-3H3;1-5H,6-7H2,(H,13,14)/t15-,16+;11-,12-/m00/s1. The van der Waals surface area contributed by atoms with E-state index in [1.807, 2.05) is 60.7 Å². The zero-order valence-corrected chi connectivity index (χ0v) is 20.4. The van der Waals surface area contributed by atoms with Crippen molar-refractivity contribution in [1.29, 1.82) is 0 Å². The molecular weight excluding hydrogens is 464 g/mol. The highest BCUT2D eigenvalue weighted by atomic mass is 16.6. The summed E-state index contributed by atoms with van der Waals surface area (Å²) < 4.78 is 15.5. The second-order valence-electron chi connectivity index (χ2n) is 11.0. The second kappa shape index (κ2) is 7.66. The van der Waals surface area contributed by atoms with E-state index in [0.29, 0.717) is 12.8 Å². The molecule has 0 aromatic heterocycles. The van der Waals surface area contributed by atoms with Crippen LogP contribution in [0.3, 0.4) is 0 Å². The summed E-state index contributed by atoms with van der Waals surface area (Å²) in [4.78, 5) is 47.4. The lowest BCUT2D eigenvalue weighted by Crippen LogP contribution is -2.36. The average molecular weight is 493 g/mol. The molecule has 4 atom stereocenters. The topological polar surface area (TPSA) is 116 Å². The zero-order chi connectivity index (χ0) is 26.0. The number of hydrogen-bond acceptors (Lipinski definition) is 7. The molecule has 0 bridgehead atoms. The minimum atomic E-state index is -1.33. The van der Waals surface area contributed by atoms with Gasteiger partial charge in [0.2, 0.25) is 0 Å². The minimum absolute atomic E-state index is 0.183. The third kappa shape index (κ3) is 3.13. The summed E-state index contributed by atoms with van der Waals surface area (Å²) in [5, 5.41) is 9.21. The predicted octanol–water partition coefficient (Wildman–Crippen LogP) is 3.17. The van der Waals surface area contributed by atoms with Crippen LogP contribution in [0.5, 0.6) is 0 Å². The first-order valence-electron chi connectivity index (χ1n) is 11.9. The number of hydrogen-bond donors (Lipinski definition) is 1. The van der Waals surface area contributed by atoms with Crippen LogP contribution in [0.25, 0.3) is 0 Å². The van der Waals surface area contributed by atoms with E-state index in [0.717, 1.165) is 11.1 Å². The van der Waals surface area contributed by atoms with E-state index in [1.54, 1.807) is 20.8 Å². The lowest BCUT2D eigenvalue weighted by atomic mass is 9.88. The first-order chi connectivity index (χ1) is 17.0. The number of esters is 3. The molecule has 4 aliphatic rings. The van der Waals surface area contributed by atoms with Gasteiger partial charge in [0.05, 0.1) is 10.8 Å². The molecule has 0 radical (unpaired) electrons. The molecule has 2 aromatic carbocycles. The van der Waals surface area contributed by atoms with E-state index < -0.39 is 51.1 Å². The second-order valence-corrected chi connectivity index (χ2v) is 11.0. The fourth-order valence-electron chi connectivity index (χ4n) is 5.79. The largest absolute Gasteiger partial charge is 0.480 e. The fourth-order valence-corrected chi connectivity index (χ4v) is 5.79. The Bertz CT molecular complexity index is 1250. The van der Waals surface area contributed by atoms with Gasteiger partial charge in [0.15, 0.2) is 10.8 Å². The Hall–Kier alpha value is -3.68. The molecule has 1 N–H and O–H groups in total. The SMILES string of the molecule is CC(C)(C)OC(=O)[C@]12C[C@@]1(c1ccccc1)COC2=O.O=C(O)[C@]12C[C@@]1(c1ccccc1)COC2=O. The molecule has 36 heavy (non-hydrogen) atoms. The smallest absolute Gasteiger partial charge is 0.325 e. The molecule has 0 amide bonds. The summed E-state index contributed by atoms with van der Waals surface area (Å²) in [6.07, 6.45) is 0.843. The Kier molecular flexibility index (Phi) is 5.11. The Morgan fingerprint density at radius 2 is 1.19 bits per heavy atom. The molecule has 2 saturated carbocycles. The van der Waals surface area contributed by atoms with Gasteiger partial charge >= 0.3 is 23.9 Å². The lowest BCUT2D eigenvalue weighted by Gasteiger charge is -2.22. The van der Waals surface area contributed by atoms with Gasteiger partial charge in [0.25, 0.3) is 0 Å². The van der Waals surface area contributed by atoms with Crippen LogP contribution in [-0.2, 0) is 44.2 Å². The van der Waals surface area contributed by atoms with Crippen molar-refractivity contribution in [3.05, 3.63) is 71.8 Å². The molecule has 188 valence electrons. The molecule has 8 heteroatoms. The van der Waals surface area contributed by atoms with Crippen molar-refractivity contribution >= 4 is 23.9 Å². The fraction of sp³-hybridized carbons (Fsp3) is 0.429. The van der Waals surface area contributed by atoms with Crippen LogP contribution < -0.4 is 0 Å². The first-order valence-corrected chi connectivity index (χ1v) is 11.9. The predicted molar refractivity (Wildman–Crippen MR) is 126 cm³/mol. The van der Waals surface area contributed by atoms with E-state index in [-0.39, 0.29) is 13.2 Å². The van der Waals surface area contributed by atoms with Crippen LogP contribution in [0, 0.1) is 10.8 Å². The molecule has 2 heterocycles. The zero-order valence-electron chi connectivity index (χ0n) is 20.4. The molecule has 2 saturated heterocycles.